The van der Waals surface area contributed by atoms with Crippen LogP contribution in [0.15, 0.2) is 18.3 Å². The predicted octanol–water partition coefficient (Wildman–Crippen LogP) is 1.93. The minimum atomic E-state index is -0.455. The number of fused-ring (bicyclic) bond motifs is 1. The van der Waals surface area contributed by atoms with E-state index in [1.54, 1.807) is 18.0 Å². The molecule has 0 radical (unpaired) electrons. The van der Waals surface area contributed by atoms with Crippen LogP contribution in [-0.4, -0.2) is 66.4 Å². The molecule has 0 unspecified atom stereocenters. The Labute approximate surface area is 196 Å². The van der Waals surface area contributed by atoms with Crippen LogP contribution in [-0.2, 0) is 22.5 Å². The molecule has 34 heavy (non-hydrogen) atoms. The van der Waals surface area contributed by atoms with E-state index in [0.717, 1.165) is 12.0 Å². The van der Waals surface area contributed by atoms with Crippen LogP contribution in [0.5, 0.6) is 0 Å². The molecule has 1 saturated heterocycles. The molecule has 4 heterocycles. The average Bonchev–Trinajstić information content (AvgIpc) is 3.21. The number of amides is 3. The maximum absolute atomic E-state index is 13.1. The van der Waals surface area contributed by atoms with Gasteiger partial charge in [-0.3, -0.25) is 19.8 Å². The molecule has 2 aromatic rings. The third-order valence-electron chi connectivity index (χ3n) is 6.05. The lowest BCUT2D eigenvalue weighted by molar-refractivity contribution is -0.136. The van der Waals surface area contributed by atoms with Crippen LogP contribution >= 0.6 is 0 Å². The zero-order valence-electron chi connectivity index (χ0n) is 19.0. The Morgan fingerprint density at radius 1 is 1.38 bits per heavy atom. The van der Waals surface area contributed by atoms with Gasteiger partial charge >= 0.3 is 6.03 Å². The standard InChI is InChI=1S/C23H25N7O4/c1-25-17-9-20(26-11-16(17)10-24)28-23(33)30-6-3-4-14-8-15(18(13-31)27-21(14)30)12-29-7-5-19(34-2)22(29)32/h8-9,11,13,19H,3-7,12H2,1-2H3,(H2,25,26,28,33)/t19-/m1/s1. The quantitative estimate of drug-likeness (QED) is 0.619. The summed E-state index contributed by atoms with van der Waals surface area (Å²) in [7, 11) is 3.19. The molecule has 3 amide bonds. The molecule has 0 spiro atoms. The van der Waals surface area contributed by atoms with Crippen molar-refractivity contribution in [3.05, 3.63) is 40.7 Å². The highest BCUT2D eigenvalue weighted by Crippen LogP contribution is 2.29. The number of likely N-dealkylation sites (tertiary alicyclic amines) is 1. The van der Waals surface area contributed by atoms with Gasteiger partial charge < -0.3 is 15.0 Å². The van der Waals surface area contributed by atoms with Crippen molar-refractivity contribution in [3.63, 3.8) is 0 Å². The minimum absolute atomic E-state index is 0.103. The van der Waals surface area contributed by atoms with Crippen LogP contribution in [0.3, 0.4) is 0 Å². The van der Waals surface area contributed by atoms with E-state index < -0.39 is 12.1 Å². The fraction of sp³-hybridized carbons (Fsp3) is 0.391. The predicted molar refractivity (Wildman–Crippen MR) is 124 cm³/mol. The van der Waals surface area contributed by atoms with Gasteiger partial charge in [0, 0.05) is 58.0 Å². The van der Waals surface area contributed by atoms with Gasteiger partial charge in [-0.25, -0.2) is 14.8 Å². The van der Waals surface area contributed by atoms with Crippen LogP contribution in [0, 0.1) is 11.3 Å². The number of ether oxygens (including phenoxy) is 1. The molecule has 176 valence electrons. The topological polar surface area (TPSA) is 141 Å². The van der Waals surface area contributed by atoms with Gasteiger partial charge in [-0.05, 0) is 24.5 Å². The summed E-state index contributed by atoms with van der Waals surface area (Å²) in [6.45, 7) is 1.24. The number of carbonyl (C=O) groups excluding carboxylic acids is 3. The number of aromatic nitrogens is 2. The van der Waals surface area contributed by atoms with Crippen molar-refractivity contribution in [2.24, 2.45) is 0 Å². The summed E-state index contributed by atoms with van der Waals surface area (Å²) in [5.41, 5.74) is 2.59. The SMILES string of the molecule is CNc1cc(NC(=O)N2CCCc3cc(CN4CC[C@@H](OC)C4=O)c(C=O)nc32)ncc1C#N. The molecule has 2 aliphatic rings. The molecule has 0 saturated carbocycles. The first-order valence-corrected chi connectivity index (χ1v) is 10.9. The van der Waals surface area contributed by atoms with Gasteiger partial charge in [0.05, 0.1) is 11.3 Å². The number of carbonyl (C=O) groups is 3. The Balaban J connectivity index is 1.57. The van der Waals surface area contributed by atoms with Crippen molar-refractivity contribution in [3.8, 4) is 6.07 Å². The Morgan fingerprint density at radius 3 is 2.88 bits per heavy atom. The second-order valence-electron chi connectivity index (χ2n) is 8.07. The normalized spacial score (nSPS) is 17.2. The van der Waals surface area contributed by atoms with E-state index >= 15 is 0 Å². The number of urea groups is 1. The van der Waals surface area contributed by atoms with E-state index in [4.69, 9.17) is 10.00 Å². The molecule has 0 aliphatic carbocycles. The number of hydrogen-bond donors (Lipinski definition) is 2. The number of nitrogens with zero attached hydrogens (tertiary/aromatic N) is 5. The number of aryl methyl sites for hydroxylation is 1. The van der Waals surface area contributed by atoms with Gasteiger partial charge in [0.1, 0.15) is 29.5 Å². The van der Waals surface area contributed by atoms with Crippen LogP contribution in [0.4, 0.5) is 22.1 Å². The van der Waals surface area contributed by atoms with E-state index in [2.05, 4.69) is 20.6 Å². The number of anilines is 3. The molecular formula is C23H25N7O4. The number of methoxy groups -OCH3 is 1. The summed E-state index contributed by atoms with van der Waals surface area (Å²) in [6.07, 6.45) is 3.61. The number of nitrogens with one attached hydrogen (secondary N) is 2. The molecule has 0 bridgehead atoms. The molecule has 0 aromatic carbocycles. The van der Waals surface area contributed by atoms with E-state index in [1.165, 1.54) is 18.2 Å². The van der Waals surface area contributed by atoms with Crippen molar-refractivity contribution in [2.45, 2.75) is 31.9 Å². The average molecular weight is 463 g/mol. The van der Waals surface area contributed by atoms with Crippen molar-refractivity contribution in [1.82, 2.24) is 14.9 Å². The van der Waals surface area contributed by atoms with Gasteiger partial charge in [-0.1, -0.05) is 0 Å². The highest BCUT2D eigenvalue weighted by molar-refractivity contribution is 6.01. The fourth-order valence-corrected chi connectivity index (χ4v) is 4.27. The van der Waals surface area contributed by atoms with Gasteiger partial charge in [0.2, 0.25) is 0 Å². The lowest BCUT2D eigenvalue weighted by Crippen LogP contribution is -2.40. The number of rotatable bonds is 6. The zero-order valence-corrected chi connectivity index (χ0v) is 19.0. The summed E-state index contributed by atoms with van der Waals surface area (Å²) >= 11 is 0. The van der Waals surface area contributed by atoms with Gasteiger partial charge in [0.15, 0.2) is 6.29 Å². The molecule has 4 rings (SSSR count). The molecule has 11 nitrogen and oxygen atoms in total. The Morgan fingerprint density at radius 2 is 2.21 bits per heavy atom. The maximum Gasteiger partial charge on any atom is 0.328 e. The van der Waals surface area contributed by atoms with Gasteiger partial charge in [-0.15, -0.1) is 0 Å². The number of aldehydes is 1. The first kappa shape index (κ1) is 23.1. The summed E-state index contributed by atoms with van der Waals surface area (Å²) in [5, 5.41) is 14.8. The van der Waals surface area contributed by atoms with Crippen LogP contribution < -0.4 is 15.5 Å². The lowest BCUT2D eigenvalue weighted by Gasteiger charge is -2.29. The molecule has 11 heteroatoms. The second-order valence-corrected chi connectivity index (χ2v) is 8.07. The van der Waals surface area contributed by atoms with Crippen molar-refractivity contribution < 1.29 is 19.1 Å². The summed E-state index contributed by atoms with van der Waals surface area (Å²) in [4.78, 5) is 49.1. The molecule has 2 N–H and O–H groups in total. The van der Waals surface area contributed by atoms with E-state index in [0.29, 0.717) is 54.8 Å². The first-order chi connectivity index (χ1) is 16.5. The lowest BCUT2D eigenvalue weighted by atomic mass is 10.0. The third kappa shape index (κ3) is 4.40. The maximum atomic E-state index is 13.1. The second kappa shape index (κ2) is 9.84. The zero-order chi connectivity index (χ0) is 24.2. The van der Waals surface area contributed by atoms with Gasteiger partial charge in [0.25, 0.3) is 5.91 Å². The fourth-order valence-electron chi connectivity index (χ4n) is 4.27. The highest BCUT2D eigenvalue weighted by Gasteiger charge is 2.33. The Hall–Kier alpha value is -4.04. The van der Waals surface area contributed by atoms with Crippen molar-refractivity contribution >= 4 is 35.5 Å². The van der Waals surface area contributed by atoms with E-state index in [9.17, 15) is 14.4 Å². The summed E-state index contributed by atoms with van der Waals surface area (Å²) in [5.74, 6) is 0.599. The summed E-state index contributed by atoms with van der Waals surface area (Å²) < 4.78 is 5.20. The van der Waals surface area contributed by atoms with Gasteiger partial charge in [-0.2, -0.15) is 5.26 Å². The van der Waals surface area contributed by atoms with Crippen molar-refractivity contribution in [1.29, 1.82) is 5.26 Å². The largest absolute Gasteiger partial charge is 0.387 e. The highest BCUT2D eigenvalue weighted by atomic mass is 16.5. The Bertz CT molecular complexity index is 1180. The molecule has 2 aliphatic heterocycles. The summed E-state index contributed by atoms with van der Waals surface area (Å²) in [6, 6.07) is 5.04. The smallest absolute Gasteiger partial charge is 0.328 e. The third-order valence-corrected chi connectivity index (χ3v) is 6.05. The number of hydrogen-bond acceptors (Lipinski definition) is 8. The molecule has 2 aromatic heterocycles. The van der Waals surface area contributed by atoms with Crippen LogP contribution in [0.1, 0.15) is 40.0 Å². The molecule has 1 fully saturated rings. The van der Waals surface area contributed by atoms with E-state index in [1.807, 2.05) is 12.1 Å². The Kier molecular flexibility index (Phi) is 6.70. The van der Waals surface area contributed by atoms with Crippen LogP contribution in [0.25, 0.3) is 0 Å². The monoisotopic (exact) mass is 463 g/mol. The van der Waals surface area contributed by atoms with E-state index in [-0.39, 0.29) is 24.0 Å². The first-order valence-electron chi connectivity index (χ1n) is 10.9. The van der Waals surface area contributed by atoms with Crippen LogP contribution in [0.2, 0.25) is 0 Å². The molecule has 1 atom stereocenters. The number of pyridine rings is 2. The number of nitriles is 1. The minimum Gasteiger partial charge on any atom is -0.387 e. The molecular weight excluding hydrogens is 438 g/mol. The van der Waals surface area contributed by atoms with Crippen molar-refractivity contribution in [2.75, 3.05) is 42.8 Å².